The molecule has 0 radical (unpaired) electrons. The standard InChI is InChI=1S/C23H21FN4O2S/c1-27(15-20-8-5-13-30-20)22(29)16-31-23-26-25-21(14-17-6-3-2-4-7-17)28(23)19-11-9-18(24)10-12-19/h2-13H,14-16H2,1H3. The molecule has 0 spiro atoms. The van der Waals surface area contributed by atoms with Gasteiger partial charge in [-0.1, -0.05) is 42.1 Å². The van der Waals surface area contributed by atoms with Crippen LogP contribution < -0.4 is 0 Å². The van der Waals surface area contributed by atoms with Gasteiger partial charge in [0.05, 0.1) is 18.6 Å². The number of hydrogen-bond donors (Lipinski definition) is 0. The van der Waals surface area contributed by atoms with Crippen LogP contribution >= 0.6 is 11.8 Å². The Morgan fingerprint density at radius 3 is 2.55 bits per heavy atom. The van der Waals surface area contributed by atoms with Crippen molar-refractivity contribution in [3.05, 3.63) is 96.0 Å². The zero-order chi connectivity index (χ0) is 21.6. The van der Waals surface area contributed by atoms with E-state index in [-0.39, 0.29) is 17.5 Å². The van der Waals surface area contributed by atoms with Crippen LogP contribution in [0.5, 0.6) is 0 Å². The largest absolute Gasteiger partial charge is 0.467 e. The zero-order valence-corrected chi connectivity index (χ0v) is 17.8. The Morgan fingerprint density at radius 1 is 1.06 bits per heavy atom. The van der Waals surface area contributed by atoms with Gasteiger partial charge in [-0.2, -0.15) is 0 Å². The maximum absolute atomic E-state index is 13.5. The molecular weight excluding hydrogens is 415 g/mol. The first-order chi connectivity index (χ1) is 15.1. The third kappa shape index (κ3) is 5.21. The number of carbonyl (C=O) groups excluding carboxylic acids is 1. The highest BCUT2D eigenvalue weighted by molar-refractivity contribution is 7.99. The van der Waals surface area contributed by atoms with Gasteiger partial charge in [0.25, 0.3) is 0 Å². The van der Waals surface area contributed by atoms with Crippen molar-refractivity contribution in [1.82, 2.24) is 19.7 Å². The number of furan rings is 1. The van der Waals surface area contributed by atoms with Crippen LogP contribution in [0.25, 0.3) is 5.69 Å². The molecule has 4 rings (SSSR count). The van der Waals surface area contributed by atoms with Gasteiger partial charge in [0.15, 0.2) is 5.16 Å². The lowest BCUT2D eigenvalue weighted by Gasteiger charge is -2.15. The average Bonchev–Trinajstić information content (AvgIpc) is 3.43. The van der Waals surface area contributed by atoms with Crippen LogP contribution in [0, 0.1) is 5.82 Å². The van der Waals surface area contributed by atoms with Crippen LogP contribution in [0.4, 0.5) is 4.39 Å². The first kappa shape index (κ1) is 20.9. The number of nitrogens with zero attached hydrogens (tertiary/aromatic N) is 4. The van der Waals surface area contributed by atoms with E-state index in [1.54, 1.807) is 36.4 Å². The maximum Gasteiger partial charge on any atom is 0.233 e. The van der Waals surface area contributed by atoms with E-state index in [4.69, 9.17) is 4.42 Å². The predicted octanol–water partition coefficient (Wildman–Crippen LogP) is 4.34. The molecule has 31 heavy (non-hydrogen) atoms. The summed E-state index contributed by atoms with van der Waals surface area (Å²) in [5.41, 5.74) is 1.83. The van der Waals surface area contributed by atoms with Crippen molar-refractivity contribution in [2.24, 2.45) is 0 Å². The fourth-order valence-corrected chi connectivity index (χ4v) is 4.01. The van der Waals surface area contributed by atoms with Crippen LogP contribution in [0.2, 0.25) is 0 Å². The summed E-state index contributed by atoms with van der Waals surface area (Å²) in [7, 11) is 1.73. The summed E-state index contributed by atoms with van der Waals surface area (Å²) in [4.78, 5) is 14.2. The van der Waals surface area contributed by atoms with Crippen molar-refractivity contribution in [1.29, 1.82) is 0 Å². The number of rotatable bonds is 8. The van der Waals surface area contributed by atoms with E-state index in [2.05, 4.69) is 10.2 Å². The summed E-state index contributed by atoms with van der Waals surface area (Å²) in [6.07, 6.45) is 2.15. The number of hydrogen-bond acceptors (Lipinski definition) is 5. The molecule has 158 valence electrons. The second-order valence-electron chi connectivity index (χ2n) is 6.99. The Morgan fingerprint density at radius 2 is 1.84 bits per heavy atom. The summed E-state index contributed by atoms with van der Waals surface area (Å²) in [5, 5.41) is 9.24. The Labute approximate surface area is 183 Å². The molecule has 8 heteroatoms. The number of benzene rings is 2. The van der Waals surface area contributed by atoms with Gasteiger partial charge < -0.3 is 9.32 Å². The molecule has 0 saturated heterocycles. The smallest absolute Gasteiger partial charge is 0.233 e. The van der Waals surface area contributed by atoms with Crippen molar-refractivity contribution >= 4 is 17.7 Å². The number of thioether (sulfide) groups is 1. The van der Waals surface area contributed by atoms with Crippen molar-refractivity contribution in [3.8, 4) is 5.69 Å². The lowest BCUT2D eigenvalue weighted by molar-refractivity contribution is -0.127. The summed E-state index contributed by atoms with van der Waals surface area (Å²) in [5.74, 6) is 1.27. The third-order valence-corrected chi connectivity index (χ3v) is 5.63. The molecule has 6 nitrogen and oxygen atoms in total. The van der Waals surface area contributed by atoms with E-state index in [1.165, 1.54) is 23.9 Å². The second kappa shape index (κ2) is 9.61. The van der Waals surface area contributed by atoms with E-state index in [9.17, 15) is 9.18 Å². The van der Waals surface area contributed by atoms with E-state index < -0.39 is 0 Å². The summed E-state index contributed by atoms with van der Waals surface area (Å²) in [6.45, 7) is 0.399. The van der Waals surface area contributed by atoms with Crippen LogP contribution in [-0.2, 0) is 17.8 Å². The zero-order valence-electron chi connectivity index (χ0n) is 16.9. The minimum atomic E-state index is -0.314. The Balaban J connectivity index is 1.53. The topological polar surface area (TPSA) is 64.2 Å². The predicted molar refractivity (Wildman–Crippen MR) is 116 cm³/mol. The maximum atomic E-state index is 13.5. The SMILES string of the molecule is CN(Cc1ccco1)C(=O)CSc1nnc(Cc2ccccc2)n1-c1ccc(F)cc1. The van der Waals surface area contributed by atoms with Gasteiger partial charge in [-0.3, -0.25) is 9.36 Å². The normalized spacial score (nSPS) is 10.9. The number of amides is 1. The van der Waals surface area contributed by atoms with Gasteiger partial charge in [0.1, 0.15) is 17.4 Å². The molecule has 0 aliphatic heterocycles. The van der Waals surface area contributed by atoms with Crippen LogP contribution in [0.15, 0.2) is 82.6 Å². The number of halogens is 1. The highest BCUT2D eigenvalue weighted by atomic mass is 32.2. The molecule has 2 aromatic carbocycles. The molecule has 0 atom stereocenters. The third-order valence-electron chi connectivity index (χ3n) is 4.71. The van der Waals surface area contributed by atoms with E-state index in [0.29, 0.717) is 18.1 Å². The average molecular weight is 437 g/mol. The Kier molecular flexibility index (Phi) is 6.47. The molecular formula is C23H21FN4O2S. The molecule has 4 aromatic rings. The molecule has 2 heterocycles. The number of aromatic nitrogens is 3. The highest BCUT2D eigenvalue weighted by Gasteiger charge is 2.18. The van der Waals surface area contributed by atoms with E-state index in [1.807, 2.05) is 41.0 Å². The van der Waals surface area contributed by atoms with Crippen molar-refractivity contribution in [2.45, 2.75) is 18.1 Å². The number of carbonyl (C=O) groups is 1. The lowest BCUT2D eigenvalue weighted by atomic mass is 10.1. The van der Waals surface area contributed by atoms with Crippen molar-refractivity contribution in [3.63, 3.8) is 0 Å². The lowest BCUT2D eigenvalue weighted by Crippen LogP contribution is -2.27. The fourth-order valence-electron chi connectivity index (χ4n) is 3.10. The minimum Gasteiger partial charge on any atom is -0.467 e. The van der Waals surface area contributed by atoms with Gasteiger partial charge in [-0.05, 0) is 42.0 Å². The van der Waals surface area contributed by atoms with Crippen LogP contribution in [0.3, 0.4) is 0 Å². The molecule has 0 aliphatic carbocycles. The minimum absolute atomic E-state index is 0.0559. The van der Waals surface area contributed by atoms with E-state index >= 15 is 0 Å². The van der Waals surface area contributed by atoms with Crippen molar-refractivity contribution < 1.29 is 13.6 Å². The summed E-state index contributed by atoms with van der Waals surface area (Å²) >= 11 is 1.30. The highest BCUT2D eigenvalue weighted by Crippen LogP contribution is 2.24. The Bertz CT molecular complexity index is 1130. The van der Waals surface area contributed by atoms with Crippen LogP contribution in [-0.4, -0.2) is 38.4 Å². The second-order valence-corrected chi connectivity index (χ2v) is 7.93. The molecule has 1 amide bonds. The Hall–Kier alpha value is -3.39. The monoisotopic (exact) mass is 436 g/mol. The van der Waals surface area contributed by atoms with Gasteiger partial charge in [-0.15, -0.1) is 10.2 Å². The van der Waals surface area contributed by atoms with Crippen molar-refractivity contribution in [2.75, 3.05) is 12.8 Å². The van der Waals surface area contributed by atoms with E-state index in [0.717, 1.165) is 22.8 Å². The molecule has 0 bridgehead atoms. The van der Waals surface area contributed by atoms with Gasteiger partial charge in [-0.25, -0.2) is 4.39 Å². The molecule has 0 unspecified atom stereocenters. The van der Waals surface area contributed by atoms with Crippen LogP contribution in [0.1, 0.15) is 17.1 Å². The summed E-state index contributed by atoms with van der Waals surface area (Å²) in [6, 6.07) is 19.7. The molecule has 0 fully saturated rings. The molecule has 0 saturated carbocycles. The molecule has 0 N–H and O–H groups in total. The molecule has 0 aliphatic rings. The van der Waals surface area contributed by atoms with Gasteiger partial charge in [0, 0.05) is 19.2 Å². The summed E-state index contributed by atoms with van der Waals surface area (Å²) < 4.78 is 20.6. The fraction of sp³-hybridized carbons (Fsp3) is 0.174. The van der Waals surface area contributed by atoms with Gasteiger partial charge >= 0.3 is 0 Å². The first-order valence-electron chi connectivity index (χ1n) is 9.73. The van der Waals surface area contributed by atoms with Gasteiger partial charge in [0.2, 0.25) is 5.91 Å². The first-order valence-corrected chi connectivity index (χ1v) is 10.7. The quantitative estimate of drug-likeness (QED) is 0.385. The molecule has 2 aromatic heterocycles.